The largest absolute Gasteiger partial charge is 0.508 e. The van der Waals surface area contributed by atoms with Gasteiger partial charge in [0, 0.05) is 5.56 Å². The summed E-state index contributed by atoms with van der Waals surface area (Å²) in [7, 11) is 0. The predicted octanol–water partition coefficient (Wildman–Crippen LogP) is 2.70. The van der Waals surface area contributed by atoms with Gasteiger partial charge >= 0.3 is 0 Å². The van der Waals surface area contributed by atoms with Gasteiger partial charge in [-0.2, -0.15) is 4.98 Å². The van der Waals surface area contributed by atoms with Gasteiger partial charge in [0.25, 0.3) is 5.89 Å². The Morgan fingerprint density at radius 1 is 1.06 bits per heavy atom. The van der Waals surface area contributed by atoms with Crippen molar-refractivity contribution in [1.29, 1.82) is 0 Å². The molecular formula is C12H8N2O3. The predicted molar refractivity (Wildman–Crippen MR) is 59.1 cm³/mol. The second-order valence-electron chi connectivity index (χ2n) is 3.45. The molecule has 3 rings (SSSR count). The van der Waals surface area contributed by atoms with Crippen LogP contribution in [0.1, 0.15) is 0 Å². The third kappa shape index (κ3) is 1.78. The Labute approximate surface area is 96.3 Å². The zero-order valence-corrected chi connectivity index (χ0v) is 8.70. The van der Waals surface area contributed by atoms with E-state index >= 15 is 0 Å². The molecule has 0 spiro atoms. The average molecular weight is 228 g/mol. The van der Waals surface area contributed by atoms with E-state index < -0.39 is 0 Å². The first-order valence-electron chi connectivity index (χ1n) is 5.00. The number of nitrogens with zero attached hydrogens (tertiary/aromatic N) is 2. The zero-order valence-electron chi connectivity index (χ0n) is 8.70. The Balaban J connectivity index is 1.98. The standard InChI is InChI=1S/C12H8N2O3/c15-9-5-3-8(4-6-9)12-13-11(14-17-12)10-2-1-7-16-10/h1-7,15H. The number of hydrogen-bond acceptors (Lipinski definition) is 5. The van der Waals surface area contributed by atoms with Crippen LogP contribution in [0.2, 0.25) is 0 Å². The topological polar surface area (TPSA) is 72.3 Å². The Morgan fingerprint density at radius 2 is 1.88 bits per heavy atom. The maximum atomic E-state index is 9.18. The quantitative estimate of drug-likeness (QED) is 0.730. The molecular weight excluding hydrogens is 220 g/mol. The van der Waals surface area contributed by atoms with Crippen molar-refractivity contribution in [1.82, 2.24) is 10.1 Å². The van der Waals surface area contributed by atoms with E-state index in [1.165, 1.54) is 0 Å². The molecule has 84 valence electrons. The number of furan rings is 1. The van der Waals surface area contributed by atoms with Gasteiger partial charge in [0.15, 0.2) is 5.76 Å². The molecule has 2 heterocycles. The van der Waals surface area contributed by atoms with E-state index in [2.05, 4.69) is 10.1 Å². The summed E-state index contributed by atoms with van der Waals surface area (Å²) in [5.41, 5.74) is 0.744. The van der Waals surface area contributed by atoms with Crippen molar-refractivity contribution >= 4 is 0 Å². The summed E-state index contributed by atoms with van der Waals surface area (Å²) in [5, 5.41) is 13.0. The van der Waals surface area contributed by atoms with Gasteiger partial charge in [0.05, 0.1) is 6.26 Å². The Kier molecular flexibility index (Phi) is 2.15. The van der Waals surface area contributed by atoms with Crippen LogP contribution in [0.5, 0.6) is 5.75 Å². The smallest absolute Gasteiger partial charge is 0.258 e. The van der Waals surface area contributed by atoms with Crippen molar-refractivity contribution in [3.63, 3.8) is 0 Å². The van der Waals surface area contributed by atoms with Gasteiger partial charge in [0.1, 0.15) is 5.75 Å². The summed E-state index contributed by atoms with van der Waals surface area (Å²) in [6.45, 7) is 0. The molecule has 2 aromatic heterocycles. The Morgan fingerprint density at radius 3 is 2.59 bits per heavy atom. The van der Waals surface area contributed by atoms with Crippen LogP contribution in [-0.2, 0) is 0 Å². The van der Waals surface area contributed by atoms with Gasteiger partial charge in [-0.1, -0.05) is 5.16 Å². The van der Waals surface area contributed by atoms with E-state index in [4.69, 9.17) is 8.94 Å². The zero-order chi connectivity index (χ0) is 11.7. The molecule has 0 atom stereocenters. The van der Waals surface area contributed by atoms with Gasteiger partial charge < -0.3 is 14.0 Å². The lowest BCUT2D eigenvalue weighted by molar-refractivity contribution is 0.429. The second kappa shape index (κ2) is 3.79. The SMILES string of the molecule is Oc1ccc(-c2nc(-c3ccco3)no2)cc1. The van der Waals surface area contributed by atoms with Crippen molar-refractivity contribution in [2.24, 2.45) is 0 Å². The molecule has 0 fully saturated rings. The summed E-state index contributed by atoms with van der Waals surface area (Å²) in [6.07, 6.45) is 1.55. The van der Waals surface area contributed by atoms with Gasteiger partial charge in [-0.3, -0.25) is 0 Å². The number of phenolic OH excluding ortho intramolecular Hbond substituents is 1. The first kappa shape index (κ1) is 9.65. The van der Waals surface area contributed by atoms with Crippen LogP contribution in [0, 0.1) is 0 Å². The molecule has 0 aliphatic heterocycles. The molecule has 0 aliphatic rings. The average Bonchev–Trinajstić information content (AvgIpc) is 3.00. The van der Waals surface area contributed by atoms with E-state index in [0.29, 0.717) is 17.5 Å². The minimum atomic E-state index is 0.194. The molecule has 0 amide bonds. The molecule has 3 aromatic rings. The number of aromatic hydroxyl groups is 1. The van der Waals surface area contributed by atoms with Crippen molar-refractivity contribution < 1.29 is 14.0 Å². The van der Waals surface area contributed by atoms with Gasteiger partial charge in [-0.15, -0.1) is 0 Å². The first-order chi connectivity index (χ1) is 8.33. The maximum absolute atomic E-state index is 9.18. The monoisotopic (exact) mass is 228 g/mol. The summed E-state index contributed by atoms with van der Waals surface area (Å²) in [5.74, 6) is 1.53. The maximum Gasteiger partial charge on any atom is 0.258 e. The van der Waals surface area contributed by atoms with E-state index in [1.54, 1.807) is 42.7 Å². The first-order valence-corrected chi connectivity index (χ1v) is 5.00. The molecule has 0 bridgehead atoms. The Hall–Kier alpha value is -2.56. The van der Waals surface area contributed by atoms with E-state index in [1.807, 2.05) is 0 Å². The van der Waals surface area contributed by atoms with Crippen LogP contribution in [0.15, 0.2) is 51.6 Å². The van der Waals surface area contributed by atoms with Crippen LogP contribution in [-0.4, -0.2) is 15.2 Å². The molecule has 5 nitrogen and oxygen atoms in total. The molecule has 1 aromatic carbocycles. The summed E-state index contributed by atoms with van der Waals surface area (Å²) in [4.78, 5) is 4.20. The van der Waals surface area contributed by atoms with Crippen LogP contribution in [0.25, 0.3) is 23.0 Å². The second-order valence-corrected chi connectivity index (χ2v) is 3.45. The molecule has 5 heteroatoms. The molecule has 0 radical (unpaired) electrons. The molecule has 0 unspecified atom stereocenters. The van der Waals surface area contributed by atoms with Crippen LogP contribution >= 0.6 is 0 Å². The third-order valence-corrected chi connectivity index (χ3v) is 2.28. The van der Waals surface area contributed by atoms with Crippen LogP contribution in [0.3, 0.4) is 0 Å². The summed E-state index contributed by atoms with van der Waals surface area (Å²) >= 11 is 0. The highest BCUT2D eigenvalue weighted by atomic mass is 16.5. The minimum Gasteiger partial charge on any atom is -0.508 e. The highest BCUT2D eigenvalue weighted by Crippen LogP contribution is 2.23. The number of benzene rings is 1. The van der Waals surface area contributed by atoms with Gasteiger partial charge in [-0.25, -0.2) is 0 Å². The highest BCUT2D eigenvalue weighted by molar-refractivity contribution is 5.57. The number of phenols is 1. The molecule has 0 aliphatic carbocycles. The van der Waals surface area contributed by atoms with E-state index in [-0.39, 0.29) is 5.75 Å². The summed E-state index contributed by atoms with van der Waals surface area (Å²) < 4.78 is 10.3. The van der Waals surface area contributed by atoms with Crippen molar-refractivity contribution in [2.75, 3.05) is 0 Å². The van der Waals surface area contributed by atoms with Crippen LogP contribution in [0.4, 0.5) is 0 Å². The summed E-state index contributed by atoms with van der Waals surface area (Å²) in [6, 6.07) is 10.0. The van der Waals surface area contributed by atoms with Gasteiger partial charge in [0.2, 0.25) is 5.82 Å². The minimum absolute atomic E-state index is 0.194. The number of rotatable bonds is 2. The van der Waals surface area contributed by atoms with Crippen LogP contribution < -0.4 is 0 Å². The molecule has 0 saturated carbocycles. The van der Waals surface area contributed by atoms with Crippen molar-refractivity contribution in [3.05, 3.63) is 42.7 Å². The highest BCUT2D eigenvalue weighted by Gasteiger charge is 2.11. The van der Waals surface area contributed by atoms with Crippen molar-refractivity contribution in [3.8, 4) is 28.8 Å². The lowest BCUT2D eigenvalue weighted by atomic mass is 10.2. The molecule has 0 saturated heterocycles. The fraction of sp³-hybridized carbons (Fsp3) is 0. The van der Waals surface area contributed by atoms with E-state index in [0.717, 1.165) is 5.56 Å². The number of hydrogen-bond donors (Lipinski definition) is 1. The fourth-order valence-electron chi connectivity index (χ4n) is 1.45. The van der Waals surface area contributed by atoms with E-state index in [9.17, 15) is 5.11 Å². The fourth-order valence-corrected chi connectivity index (χ4v) is 1.45. The Bertz CT molecular complexity index is 612. The molecule has 1 N–H and O–H groups in total. The normalized spacial score (nSPS) is 10.6. The number of aromatic nitrogens is 2. The van der Waals surface area contributed by atoms with Gasteiger partial charge in [-0.05, 0) is 36.4 Å². The van der Waals surface area contributed by atoms with Crippen molar-refractivity contribution in [2.45, 2.75) is 0 Å². The lowest BCUT2D eigenvalue weighted by Gasteiger charge is -1.93. The molecule has 17 heavy (non-hydrogen) atoms. The third-order valence-electron chi connectivity index (χ3n) is 2.28. The lowest BCUT2D eigenvalue weighted by Crippen LogP contribution is -1.78.